The van der Waals surface area contributed by atoms with Gasteiger partial charge in [0.15, 0.2) is 6.61 Å². The van der Waals surface area contributed by atoms with E-state index in [0.29, 0.717) is 0 Å². The van der Waals surface area contributed by atoms with E-state index >= 15 is 0 Å². The Labute approximate surface area is 99.2 Å². The molecule has 90 valence electrons. The minimum absolute atomic E-state index is 0.204. The predicted octanol–water partition coefficient (Wildman–Crippen LogP) is 2.49. The van der Waals surface area contributed by atoms with Crippen LogP contribution in [0.1, 0.15) is 19.3 Å². The third kappa shape index (κ3) is 5.22. The van der Waals surface area contributed by atoms with Gasteiger partial charge < -0.3 is 9.64 Å². The van der Waals surface area contributed by atoms with E-state index in [4.69, 9.17) is 4.74 Å². The first-order valence-electron chi connectivity index (χ1n) is 5.91. The van der Waals surface area contributed by atoms with E-state index in [1.807, 2.05) is 0 Å². The molecule has 0 atom stereocenters. The fourth-order valence-electron chi connectivity index (χ4n) is 1.57. The molecule has 1 aliphatic rings. The molecule has 0 aromatic carbocycles. The molecule has 0 aromatic rings. The number of piperidine rings is 1. The van der Waals surface area contributed by atoms with E-state index in [-0.39, 0.29) is 12.7 Å². The quantitative estimate of drug-likeness (QED) is 0.520. The summed E-state index contributed by atoms with van der Waals surface area (Å²) in [6, 6.07) is 0. The molecular formula is C12H21NO2Si. The van der Waals surface area contributed by atoms with Gasteiger partial charge in [0.05, 0.1) is 0 Å². The van der Waals surface area contributed by atoms with Gasteiger partial charge in [0.2, 0.25) is 0 Å². The van der Waals surface area contributed by atoms with Crippen molar-refractivity contribution in [2.24, 2.45) is 0 Å². The highest BCUT2D eigenvalue weighted by Crippen LogP contribution is 2.09. The van der Waals surface area contributed by atoms with Gasteiger partial charge >= 0.3 is 6.09 Å². The first-order valence-corrected chi connectivity index (χ1v) is 9.41. The fourth-order valence-corrected chi connectivity index (χ4v) is 2.17. The molecule has 0 N–H and O–H groups in total. The Balaban J connectivity index is 2.26. The van der Waals surface area contributed by atoms with E-state index in [0.717, 1.165) is 25.9 Å². The van der Waals surface area contributed by atoms with Crippen molar-refractivity contribution < 1.29 is 9.53 Å². The van der Waals surface area contributed by atoms with Gasteiger partial charge in [-0.05, 0) is 19.3 Å². The van der Waals surface area contributed by atoms with Crippen LogP contribution in [0.5, 0.6) is 0 Å². The fraction of sp³-hybridized carbons (Fsp3) is 0.750. The Bertz CT molecular complexity index is 292. The highest BCUT2D eigenvalue weighted by atomic mass is 28.3. The zero-order valence-corrected chi connectivity index (χ0v) is 11.5. The Morgan fingerprint density at radius 2 is 1.88 bits per heavy atom. The van der Waals surface area contributed by atoms with Gasteiger partial charge in [-0.3, -0.25) is 0 Å². The van der Waals surface area contributed by atoms with Crippen LogP contribution in [0.2, 0.25) is 19.6 Å². The van der Waals surface area contributed by atoms with Crippen LogP contribution in [-0.4, -0.2) is 38.8 Å². The lowest BCUT2D eigenvalue weighted by atomic mass is 10.1. The minimum atomic E-state index is -1.33. The molecule has 0 spiro atoms. The van der Waals surface area contributed by atoms with Crippen LogP contribution >= 0.6 is 0 Å². The van der Waals surface area contributed by atoms with Gasteiger partial charge in [0.25, 0.3) is 0 Å². The zero-order chi connectivity index (χ0) is 12.0. The number of carbonyl (C=O) groups excluding carboxylic acids is 1. The summed E-state index contributed by atoms with van der Waals surface area (Å²) in [7, 11) is -1.33. The summed E-state index contributed by atoms with van der Waals surface area (Å²) in [6.07, 6.45) is 3.20. The predicted molar refractivity (Wildman–Crippen MR) is 67.9 cm³/mol. The summed E-state index contributed by atoms with van der Waals surface area (Å²) in [5.74, 6) is 2.94. The maximum absolute atomic E-state index is 11.6. The van der Waals surface area contributed by atoms with Crippen molar-refractivity contribution in [1.29, 1.82) is 0 Å². The van der Waals surface area contributed by atoms with Crippen LogP contribution in [0.4, 0.5) is 4.79 Å². The van der Waals surface area contributed by atoms with Gasteiger partial charge in [-0.1, -0.05) is 25.6 Å². The molecule has 3 nitrogen and oxygen atoms in total. The lowest BCUT2D eigenvalue weighted by Gasteiger charge is -2.25. The highest BCUT2D eigenvalue weighted by Gasteiger charge is 2.16. The molecule has 0 unspecified atom stereocenters. The molecule has 1 saturated heterocycles. The zero-order valence-electron chi connectivity index (χ0n) is 10.5. The van der Waals surface area contributed by atoms with Gasteiger partial charge in [-0.15, -0.1) is 5.54 Å². The Morgan fingerprint density at radius 3 is 2.44 bits per heavy atom. The number of amides is 1. The second-order valence-electron chi connectivity index (χ2n) is 5.15. The van der Waals surface area contributed by atoms with Crippen molar-refractivity contribution in [1.82, 2.24) is 4.90 Å². The van der Waals surface area contributed by atoms with Crippen molar-refractivity contribution in [2.75, 3.05) is 19.7 Å². The molecule has 1 amide bonds. The van der Waals surface area contributed by atoms with Gasteiger partial charge in [0, 0.05) is 13.1 Å². The molecule has 1 fully saturated rings. The van der Waals surface area contributed by atoms with Crippen molar-refractivity contribution in [2.45, 2.75) is 38.9 Å². The second kappa shape index (κ2) is 5.95. The molecule has 4 heteroatoms. The number of rotatable bonds is 1. The first-order chi connectivity index (χ1) is 7.49. The molecular weight excluding hydrogens is 218 g/mol. The van der Waals surface area contributed by atoms with Crippen molar-refractivity contribution >= 4 is 14.2 Å². The third-order valence-electron chi connectivity index (χ3n) is 2.35. The Hall–Kier alpha value is -0.953. The van der Waals surface area contributed by atoms with Crippen LogP contribution < -0.4 is 0 Å². The summed E-state index contributed by atoms with van der Waals surface area (Å²) >= 11 is 0. The summed E-state index contributed by atoms with van der Waals surface area (Å²) < 4.78 is 5.11. The largest absolute Gasteiger partial charge is 0.436 e. The molecule has 0 aliphatic carbocycles. The monoisotopic (exact) mass is 239 g/mol. The summed E-state index contributed by atoms with van der Waals surface area (Å²) in [6.45, 7) is 8.42. The van der Waals surface area contributed by atoms with Gasteiger partial charge in [-0.2, -0.15) is 0 Å². The molecule has 1 aliphatic heterocycles. The SMILES string of the molecule is C[Si](C)(C)C#CCOC(=O)N1CCCCC1. The summed E-state index contributed by atoms with van der Waals surface area (Å²) in [4.78, 5) is 13.3. The average molecular weight is 239 g/mol. The molecule has 0 aromatic heterocycles. The topological polar surface area (TPSA) is 29.5 Å². The molecule has 0 saturated carbocycles. The Kier molecular flexibility index (Phi) is 4.88. The summed E-state index contributed by atoms with van der Waals surface area (Å²) in [5.41, 5.74) is 3.17. The van der Waals surface area contributed by atoms with Crippen molar-refractivity contribution in [3.05, 3.63) is 0 Å². The van der Waals surface area contributed by atoms with Crippen LogP contribution in [0.25, 0.3) is 0 Å². The number of hydrogen-bond donors (Lipinski definition) is 0. The lowest BCUT2D eigenvalue weighted by molar-refractivity contribution is 0.106. The molecule has 0 bridgehead atoms. The van der Waals surface area contributed by atoms with Crippen LogP contribution in [0.15, 0.2) is 0 Å². The van der Waals surface area contributed by atoms with Gasteiger partial charge in [0.1, 0.15) is 8.07 Å². The van der Waals surface area contributed by atoms with E-state index in [2.05, 4.69) is 31.1 Å². The second-order valence-corrected chi connectivity index (χ2v) is 9.90. The number of likely N-dealkylation sites (tertiary alicyclic amines) is 1. The van der Waals surface area contributed by atoms with Crippen LogP contribution in [-0.2, 0) is 4.74 Å². The standard InChI is InChI=1S/C12H21NO2Si/c1-16(2,3)11-7-10-15-12(14)13-8-5-4-6-9-13/h4-6,8-10H2,1-3H3. The highest BCUT2D eigenvalue weighted by molar-refractivity contribution is 6.83. The molecule has 0 radical (unpaired) electrons. The van der Waals surface area contributed by atoms with E-state index in [9.17, 15) is 4.79 Å². The minimum Gasteiger partial charge on any atom is -0.436 e. The number of hydrogen-bond acceptors (Lipinski definition) is 2. The van der Waals surface area contributed by atoms with Crippen LogP contribution in [0.3, 0.4) is 0 Å². The lowest BCUT2D eigenvalue weighted by Crippen LogP contribution is -2.36. The van der Waals surface area contributed by atoms with E-state index in [1.54, 1.807) is 4.90 Å². The first kappa shape index (κ1) is 13.1. The number of carbonyl (C=O) groups is 1. The number of nitrogens with zero attached hydrogens (tertiary/aromatic N) is 1. The summed E-state index contributed by atoms with van der Waals surface area (Å²) in [5, 5.41) is 0. The smallest absolute Gasteiger partial charge is 0.410 e. The molecule has 16 heavy (non-hydrogen) atoms. The van der Waals surface area contributed by atoms with Crippen molar-refractivity contribution in [3.63, 3.8) is 0 Å². The normalized spacial score (nSPS) is 16.3. The van der Waals surface area contributed by atoms with E-state index < -0.39 is 8.07 Å². The average Bonchev–Trinajstić information content (AvgIpc) is 2.24. The Morgan fingerprint density at radius 1 is 1.25 bits per heavy atom. The van der Waals surface area contributed by atoms with Crippen LogP contribution in [0, 0.1) is 11.5 Å². The number of ether oxygens (including phenoxy) is 1. The van der Waals surface area contributed by atoms with Crippen molar-refractivity contribution in [3.8, 4) is 11.5 Å². The maximum Gasteiger partial charge on any atom is 0.410 e. The van der Waals surface area contributed by atoms with E-state index in [1.165, 1.54) is 6.42 Å². The third-order valence-corrected chi connectivity index (χ3v) is 3.27. The molecule has 1 rings (SSSR count). The van der Waals surface area contributed by atoms with Gasteiger partial charge in [-0.25, -0.2) is 4.79 Å². The maximum atomic E-state index is 11.6. The molecule has 1 heterocycles.